The number of nitrogens with zero attached hydrogens (tertiary/aromatic N) is 2. The van der Waals surface area contributed by atoms with Gasteiger partial charge in [0.2, 0.25) is 0 Å². The molecule has 10 nitrogen and oxygen atoms in total. The second-order valence-electron chi connectivity index (χ2n) is 9.84. The molecule has 0 atom stereocenters. The van der Waals surface area contributed by atoms with Crippen molar-refractivity contribution in [3.63, 3.8) is 0 Å². The first-order valence-electron chi connectivity index (χ1n) is 14.3. The summed E-state index contributed by atoms with van der Waals surface area (Å²) in [6.45, 7) is 3.82. The van der Waals surface area contributed by atoms with Crippen LogP contribution in [0.1, 0.15) is 62.8 Å². The van der Waals surface area contributed by atoms with Gasteiger partial charge in [-0.2, -0.15) is 0 Å². The summed E-state index contributed by atoms with van der Waals surface area (Å²) in [6.07, 6.45) is 1.45. The zero-order chi connectivity index (χ0) is 31.5. The summed E-state index contributed by atoms with van der Waals surface area (Å²) in [5.41, 5.74) is 1.21. The molecule has 4 rings (SSSR count). The lowest BCUT2D eigenvalue weighted by atomic mass is 10.0. The Balaban J connectivity index is 1.48. The summed E-state index contributed by atoms with van der Waals surface area (Å²) in [5.74, 6) is 0.128. The van der Waals surface area contributed by atoms with Gasteiger partial charge in [0.25, 0.3) is 17.7 Å². The molecule has 2 N–H and O–H groups in total. The smallest absolute Gasteiger partial charge is 0.407 e. The van der Waals surface area contributed by atoms with Crippen LogP contribution in [-0.2, 0) is 11.3 Å². The molecule has 0 aromatic heterocycles. The average molecular weight is 675 g/mol. The number of hydrogen-bond acceptors (Lipinski definition) is 10. The zero-order valence-corrected chi connectivity index (χ0v) is 27.6. The Morgan fingerprint density at radius 3 is 2.00 bits per heavy atom. The van der Waals surface area contributed by atoms with E-state index >= 15 is 0 Å². The van der Waals surface area contributed by atoms with Crippen LogP contribution in [0, 0.1) is 0 Å². The van der Waals surface area contributed by atoms with Crippen molar-refractivity contribution in [2.45, 2.75) is 32.8 Å². The van der Waals surface area contributed by atoms with Crippen LogP contribution in [0.4, 0.5) is 4.79 Å². The number of alkyl carbamates (subject to hydrolysis) is 1. The molecule has 0 aliphatic carbocycles. The highest BCUT2D eigenvalue weighted by Gasteiger charge is 2.34. The number of ether oxygens (including phenoxy) is 2. The summed E-state index contributed by atoms with van der Waals surface area (Å²) in [5, 5.41) is 5.47. The lowest BCUT2D eigenvalue weighted by Crippen LogP contribution is -2.34. The average Bonchev–Trinajstić information content (AvgIpc) is 3.67. The van der Waals surface area contributed by atoms with Crippen LogP contribution in [0.25, 0.3) is 0 Å². The van der Waals surface area contributed by atoms with Gasteiger partial charge in [0.1, 0.15) is 21.0 Å². The van der Waals surface area contributed by atoms with Crippen LogP contribution in [0.5, 0.6) is 5.75 Å². The summed E-state index contributed by atoms with van der Waals surface area (Å²) in [6, 6.07) is 12.3. The highest BCUT2D eigenvalue weighted by Crippen LogP contribution is 2.33. The van der Waals surface area contributed by atoms with E-state index in [4.69, 9.17) is 33.9 Å². The monoisotopic (exact) mass is 674 g/mol. The maximum absolute atomic E-state index is 13.8. The maximum Gasteiger partial charge on any atom is 0.407 e. The Morgan fingerprint density at radius 1 is 0.864 bits per heavy atom. The summed E-state index contributed by atoms with van der Waals surface area (Å²) >= 11 is 13.6. The van der Waals surface area contributed by atoms with Gasteiger partial charge in [0.15, 0.2) is 0 Å². The van der Waals surface area contributed by atoms with Crippen LogP contribution in [0.3, 0.4) is 0 Å². The van der Waals surface area contributed by atoms with Gasteiger partial charge in [0, 0.05) is 43.2 Å². The van der Waals surface area contributed by atoms with E-state index < -0.39 is 23.8 Å². The van der Waals surface area contributed by atoms with Gasteiger partial charge in [-0.1, -0.05) is 91.6 Å². The van der Waals surface area contributed by atoms with E-state index in [-0.39, 0.29) is 42.1 Å². The molecule has 0 radical (unpaired) electrons. The topological polar surface area (TPSA) is 117 Å². The highest BCUT2D eigenvalue weighted by molar-refractivity contribution is 8.23. The van der Waals surface area contributed by atoms with Crippen molar-refractivity contribution in [3.05, 3.63) is 64.7 Å². The van der Waals surface area contributed by atoms with Crippen LogP contribution in [-0.4, -0.2) is 86.5 Å². The number of unbranched alkanes of at least 4 members (excludes halogenated alkanes) is 1. The minimum Gasteiger partial charge on any atom is -0.492 e. The molecule has 2 saturated heterocycles. The van der Waals surface area contributed by atoms with Gasteiger partial charge in [-0.25, -0.2) is 4.79 Å². The summed E-state index contributed by atoms with van der Waals surface area (Å²) in [4.78, 5) is 55.8. The Hall–Kier alpha value is -3.20. The molecule has 2 aromatic carbocycles. The molecule has 44 heavy (non-hydrogen) atoms. The number of amides is 4. The Bertz CT molecular complexity index is 1350. The third kappa shape index (κ3) is 8.93. The maximum atomic E-state index is 13.8. The largest absolute Gasteiger partial charge is 0.492 e. The lowest BCUT2D eigenvalue weighted by molar-refractivity contribution is 0.0852. The van der Waals surface area contributed by atoms with Crippen LogP contribution in [0.15, 0.2) is 42.5 Å². The van der Waals surface area contributed by atoms with Gasteiger partial charge in [-0.15, -0.1) is 0 Å². The Labute approximate surface area is 276 Å². The van der Waals surface area contributed by atoms with Crippen molar-refractivity contribution < 1.29 is 28.7 Å². The molecule has 4 amide bonds. The summed E-state index contributed by atoms with van der Waals surface area (Å²) < 4.78 is 12.1. The van der Waals surface area contributed by atoms with Gasteiger partial charge in [0.05, 0.1) is 17.7 Å². The molecule has 0 saturated carbocycles. The van der Waals surface area contributed by atoms with E-state index in [9.17, 15) is 19.2 Å². The number of carbonyl (C=O) groups excluding carboxylic acids is 4. The molecule has 2 aliphatic rings. The zero-order valence-electron chi connectivity index (χ0n) is 24.3. The van der Waals surface area contributed by atoms with Crippen molar-refractivity contribution in [2.75, 3.05) is 44.3 Å². The fourth-order valence-electron chi connectivity index (χ4n) is 4.36. The van der Waals surface area contributed by atoms with Crippen LogP contribution in [0.2, 0.25) is 0 Å². The quantitative estimate of drug-likeness (QED) is 0.225. The van der Waals surface area contributed by atoms with Crippen LogP contribution >= 0.6 is 48.0 Å². The summed E-state index contributed by atoms with van der Waals surface area (Å²) in [7, 11) is 0. The van der Waals surface area contributed by atoms with E-state index in [1.165, 1.54) is 45.5 Å². The van der Waals surface area contributed by atoms with Crippen LogP contribution < -0.4 is 15.4 Å². The predicted octanol–water partition coefficient (Wildman–Crippen LogP) is 4.86. The fraction of sp³-hybridized carbons (Fsp3) is 0.400. The fourth-order valence-corrected chi connectivity index (χ4v) is 6.76. The number of carbonyl (C=O) groups is 4. The molecule has 0 unspecified atom stereocenters. The Kier molecular flexibility index (Phi) is 12.8. The minimum absolute atomic E-state index is 0.0996. The standard InChI is InChI=1S/C30H34N4O6S4/c1-2-3-14-39-24-22(26(36)33-12-15-43-29(33)41)17-21(18-23(24)27(37)34-13-16-44-30(34)42)25(35)31-10-7-11-32-28(38)40-19-20-8-5-4-6-9-20/h4-6,8-9,17-18H,2-3,7,10-16,19H2,1H3,(H,31,35)(H,32,38). The lowest BCUT2D eigenvalue weighted by Gasteiger charge is -2.22. The van der Waals surface area contributed by atoms with Crippen molar-refractivity contribution in [3.8, 4) is 5.75 Å². The normalized spacial score (nSPS) is 14.5. The van der Waals surface area contributed by atoms with E-state index in [2.05, 4.69) is 10.6 Å². The number of thioether (sulfide) groups is 2. The van der Waals surface area contributed by atoms with Crippen molar-refractivity contribution in [1.29, 1.82) is 0 Å². The van der Waals surface area contributed by atoms with Gasteiger partial charge < -0.3 is 20.1 Å². The van der Waals surface area contributed by atoms with Crippen molar-refractivity contribution in [2.24, 2.45) is 0 Å². The van der Waals surface area contributed by atoms with Gasteiger partial charge in [-0.3, -0.25) is 24.2 Å². The molecular formula is C30H34N4O6S4. The predicted molar refractivity (Wildman–Crippen MR) is 181 cm³/mol. The molecule has 2 aliphatic heterocycles. The van der Waals surface area contributed by atoms with E-state index in [1.54, 1.807) is 0 Å². The first kappa shape index (κ1) is 33.7. The number of thiocarbonyl (C=S) groups is 2. The van der Waals surface area contributed by atoms with Crippen molar-refractivity contribution in [1.82, 2.24) is 20.4 Å². The second kappa shape index (κ2) is 16.8. The first-order valence-corrected chi connectivity index (χ1v) is 17.1. The van der Waals surface area contributed by atoms with Gasteiger partial charge >= 0.3 is 6.09 Å². The molecule has 2 aromatic rings. The molecule has 0 bridgehead atoms. The second-order valence-corrected chi connectivity index (χ2v) is 13.3. The number of nitrogens with one attached hydrogen (secondary N) is 2. The SMILES string of the molecule is CCCCOc1c(C(=O)N2CCSC2=S)cc(C(=O)NCCCNC(=O)OCc2ccccc2)cc1C(=O)N1CCSC1=S. The van der Waals surface area contributed by atoms with E-state index in [0.29, 0.717) is 52.7 Å². The molecule has 2 heterocycles. The molecule has 234 valence electrons. The van der Waals surface area contributed by atoms with E-state index in [1.807, 2.05) is 37.3 Å². The highest BCUT2D eigenvalue weighted by atomic mass is 32.2. The molecular weight excluding hydrogens is 641 g/mol. The van der Waals surface area contributed by atoms with E-state index in [0.717, 1.165) is 12.0 Å². The number of hydrogen-bond donors (Lipinski definition) is 2. The Morgan fingerprint density at radius 2 is 1.45 bits per heavy atom. The number of rotatable bonds is 13. The third-order valence-electron chi connectivity index (χ3n) is 6.69. The van der Waals surface area contributed by atoms with Crippen molar-refractivity contribution >= 4 is 80.4 Å². The third-order valence-corrected chi connectivity index (χ3v) is 9.55. The number of benzene rings is 2. The molecule has 2 fully saturated rings. The minimum atomic E-state index is -0.555. The molecule has 0 spiro atoms. The van der Waals surface area contributed by atoms with Gasteiger partial charge in [-0.05, 0) is 30.5 Å². The molecule has 14 heteroatoms. The first-order chi connectivity index (χ1) is 21.3.